The topological polar surface area (TPSA) is 175 Å². The molecule has 5 amide bonds. The Labute approximate surface area is 325 Å². The molecule has 3 rings (SSSR count). The van der Waals surface area contributed by atoms with E-state index in [1.807, 2.05) is 41.5 Å². The molecule has 312 valence electrons. The molecular weight excluding hydrogens is 739 g/mol. The van der Waals surface area contributed by atoms with Crippen LogP contribution in [0.15, 0.2) is 18.2 Å². The van der Waals surface area contributed by atoms with Gasteiger partial charge in [0.25, 0.3) is 0 Å². The normalized spacial score (nSPS) is 20.9. The minimum atomic E-state index is -3.54. The van der Waals surface area contributed by atoms with Gasteiger partial charge in [0, 0.05) is 39.1 Å². The molecule has 1 aliphatic carbocycles. The van der Waals surface area contributed by atoms with Crippen molar-refractivity contribution in [1.82, 2.24) is 30.5 Å². The first kappa shape index (κ1) is 45.7. The molecule has 1 saturated carbocycles. The van der Waals surface area contributed by atoms with Crippen molar-refractivity contribution in [2.75, 3.05) is 46.7 Å². The van der Waals surface area contributed by atoms with E-state index in [0.717, 1.165) is 16.1 Å². The second-order valence-electron chi connectivity index (χ2n) is 17.4. The Bertz CT molecular complexity index is 1660. The Balaban J connectivity index is 1.79. The summed E-state index contributed by atoms with van der Waals surface area (Å²) in [5, 5.41) is 10.8. The molecule has 6 atom stereocenters. The molecule has 0 radical (unpaired) electrons. The average Bonchev–Trinajstić information content (AvgIpc) is 3.35. The zero-order chi connectivity index (χ0) is 41.8. The van der Waals surface area contributed by atoms with Gasteiger partial charge in [-0.3, -0.25) is 14.4 Å². The van der Waals surface area contributed by atoms with Crippen LogP contribution in [0.5, 0.6) is 11.5 Å². The van der Waals surface area contributed by atoms with Gasteiger partial charge in [-0.25, -0.2) is 26.3 Å². The fourth-order valence-electron chi connectivity index (χ4n) is 7.15. The number of fused-ring (bicyclic) bond motifs is 1. The van der Waals surface area contributed by atoms with Crippen LogP contribution >= 0.6 is 0 Å². The molecule has 0 aromatic heterocycles. The third kappa shape index (κ3) is 11.6. The van der Waals surface area contributed by atoms with Gasteiger partial charge in [-0.05, 0) is 59.1 Å². The second-order valence-corrected chi connectivity index (χ2v) is 19.5. The molecular formula is C38H62F2N6O8S. The highest BCUT2D eigenvalue weighted by Crippen LogP contribution is 2.65. The maximum Gasteiger partial charge on any atom is 0.315 e. The standard InChI is InChI=1S/C38H62F2N6O8S/c1-13-54-26-18-22(14-15-25(26)53-11)16-17-41-32(47)24(19-28(39)40)42-33(48)30-29-23(38(29,8)9)20-46(30)34(49)31(37(5,6)7)44-35(50)43-27(36(2,3)4)21-45(10)55(12,51)52/h14-15,18,23-24,27-31H,13,16-17,19-21H2,1-12H3,(H,41,47)(H,42,48)(H2,43,44,50)/t23-,24-,27+,29-,30-,31+/m0/s1. The lowest BCUT2D eigenvalue weighted by Crippen LogP contribution is -2.62. The molecule has 17 heteroatoms. The van der Waals surface area contributed by atoms with E-state index < -0.39 is 81.6 Å². The Morgan fingerprint density at radius 2 is 1.65 bits per heavy atom. The molecule has 1 aromatic carbocycles. The van der Waals surface area contributed by atoms with Gasteiger partial charge in [-0.15, -0.1) is 0 Å². The molecule has 0 unspecified atom stereocenters. The van der Waals surface area contributed by atoms with Crippen molar-refractivity contribution in [3.8, 4) is 11.5 Å². The molecule has 1 heterocycles. The largest absolute Gasteiger partial charge is 0.493 e. The van der Waals surface area contributed by atoms with E-state index in [0.29, 0.717) is 24.5 Å². The van der Waals surface area contributed by atoms with Gasteiger partial charge >= 0.3 is 6.03 Å². The summed E-state index contributed by atoms with van der Waals surface area (Å²) in [5.41, 5.74) is -0.922. The molecule has 1 aromatic rings. The highest BCUT2D eigenvalue weighted by molar-refractivity contribution is 7.88. The van der Waals surface area contributed by atoms with Gasteiger partial charge in [-0.1, -0.05) is 61.5 Å². The second kappa shape index (κ2) is 17.6. The van der Waals surface area contributed by atoms with Crippen molar-refractivity contribution in [2.45, 2.75) is 106 Å². The van der Waals surface area contributed by atoms with Crippen LogP contribution in [0.3, 0.4) is 0 Å². The molecule has 2 aliphatic rings. The zero-order valence-corrected chi connectivity index (χ0v) is 35.2. The van der Waals surface area contributed by atoms with E-state index in [4.69, 9.17) is 9.47 Å². The fourth-order valence-corrected chi connectivity index (χ4v) is 7.57. The summed E-state index contributed by atoms with van der Waals surface area (Å²) in [7, 11) is -0.608. The molecule has 14 nitrogen and oxygen atoms in total. The third-order valence-electron chi connectivity index (χ3n) is 10.8. The maximum atomic E-state index is 14.4. The van der Waals surface area contributed by atoms with Crippen molar-refractivity contribution >= 4 is 33.8 Å². The van der Waals surface area contributed by atoms with Crippen molar-refractivity contribution in [1.29, 1.82) is 0 Å². The minimum absolute atomic E-state index is 0.0135. The van der Waals surface area contributed by atoms with Gasteiger partial charge < -0.3 is 35.6 Å². The van der Waals surface area contributed by atoms with Gasteiger partial charge in [-0.2, -0.15) is 0 Å². The highest BCUT2D eigenvalue weighted by atomic mass is 32.2. The fraction of sp³-hybridized carbons (Fsp3) is 0.737. The average molecular weight is 801 g/mol. The number of alkyl halides is 2. The number of hydrogen-bond acceptors (Lipinski definition) is 8. The first-order valence-electron chi connectivity index (χ1n) is 18.7. The van der Waals surface area contributed by atoms with Crippen molar-refractivity contribution in [2.24, 2.45) is 28.1 Å². The smallest absolute Gasteiger partial charge is 0.315 e. The van der Waals surface area contributed by atoms with Crippen LogP contribution in [0.4, 0.5) is 13.6 Å². The van der Waals surface area contributed by atoms with E-state index in [2.05, 4.69) is 21.3 Å². The van der Waals surface area contributed by atoms with Crippen LogP contribution in [-0.4, -0.2) is 119 Å². The molecule has 1 saturated heterocycles. The number of likely N-dealkylation sites (tertiary alicyclic amines) is 1. The molecule has 0 spiro atoms. The SMILES string of the molecule is CCOc1cc(CCNC(=O)[C@H](CC(F)F)NC(=O)[C@@H]2[C@@H]3[C@H](CN2C(=O)[C@@H](NC(=O)N[C@H](CN(C)S(C)(=O)=O)C(C)(C)C)C(C)(C)C)C3(C)C)ccc1OC. The zero-order valence-electron chi connectivity index (χ0n) is 34.3. The highest BCUT2D eigenvalue weighted by Gasteiger charge is 2.70. The van der Waals surface area contributed by atoms with Gasteiger partial charge in [0.05, 0.1) is 20.0 Å². The quantitative estimate of drug-likeness (QED) is 0.186. The van der Waals surface area contributed by atoms with Crippen LogP contribution in [0, 0.1) is 28.1 Å². The number of piperidine rings is 1. The maximum absolute atomic E-state index is 14.4. The van der Waals surface area contributed by atoms with Crippen LogP contribution in [0.25, 0.3) is 0 Å². The van der Waals surface area contributed by atoms with Gasteiger partial charge in [0.15, 0.2) is 11.5 Å². The first-order chi connectivity index (χ1) is 25.2. The Morgan fingerprint density at radius 3 is 2.18 bits per heavy atom. The number of benzene rings is 1. The summed E-state index contributed by atoms with van der Waals surface area (Å²) >= 11 is 0. The van der Waals surface area contributed by atoms with E-state index in [1.165, 1.54) is 19.1 Å². The number of likely N-dealkylation sites (N-methyl/N-ethyl adjacent to an activating group) is 1. The number of carbonyl (C=O) groups is 4. The first-order valence-corrected chi connectivity index (χ1v) is 20.5. The lowest BCUT2D eigenvalue weighted by atomic mass is 9.85. The molecule has 1 aliphatic heterocycles. The Hall–Kier alpha value is -3.73. The predicted molar refractivity (Wildman–Crippen MR) is 205 cm³/mol. The van der Waals surface area contributed by atoms with E-state index >= 15 is 0 Å². The van der Waals surface area contributed by atoms with Crippen molar-refractivity contribution in [3.05, 3.63) is 23.8 Å². The molecule has 55 heavy (non-hydrogen) atoms. The number of hydrogen-bond donors (Lipinski definition) is 4. The predicted octanol–water partition coefficient (Wildman–Crippen LogP) is 3.40. The van der Waals surface area contributed by atoms with Gasteiger partial charge in [0.2, 0.25) is 34.2 Å². The lowest BCUT2D eigenvalue weighted by Gasteiger charge is -2.39. The van der Waals surface area contributed by atoms with Crippen LogP contribution in [-0.2, 0) is 30.8 Å². The number of urea groups is 1. The van der Waals surface area contributed by atoms with Gasteiger partial charge in [0.1, 0.15) is 18.1 Å². The van der Waals surface area contributed by atoms with Crippen molar-refractivity contribution in [3.63, 3.8) is 0 Å². The summed E-state index contributed by atoms with van der Waals surface area (Å²) in [4.78, 5) is 56.6. The monoisotopic (exact) mass is 800 g/mol. The summed E-state index contributed by atoms with van der Waals surface area (Å²) < 4.78 is 64.0. The van der Waals surface area contributed by atoms with Crippen LogP contribution in [0.1, 0.15) is 74.3 Å². The number of ether oxygens (including phenoxy) is 2. The third-order valence-corrected chi connectivity index (χ3v) is 12.1. The van der Waals surface area contributed by atoms with Crippen LogP contribution in [0.2, 0.25) is 0 Å². The summed E-state index contributed by atoms with van der Waals surface area (Å²) in [6, 6.07) is 0.212. The van der Waals surface area contributed by atoms with E-state index in [-0.39, 0.29) is 36.9 Å². The Morgan fingerprint density at radius 1 is 1.02 bits per heavy atom. The molecule has 2 fully saturated rings. The van der Waals surface area contributed by atoms with Crippen molar-refractivity contribution < 1.29 is 45.9 Å². The number of nitrogens with one attached hydrogen (secondary N) is 4. The summed E-state index contributed by atoms with van der Waals surface area (Å²) in [6.45, 7) is 17.3. The van der Waals surface area contributed by atoms with Crippen LogP contribution < -0.4 is 30.7 Å². The Kier molecular flexibility index (Phi) is 14.6. The van der Waals surface area contributed by atoms with E-state index in [1.54, 1.807) is 39.0 Å². The number of halogens is 2. The number of nitrogens with zero attached hydrogens (tertiary/aromatic N) is 2. The molecule has 4 N–H and O–H groups in total. The number of methoxy groups -OCH3 is 1. The number of amides is 5. The summed E-state index contributed by atoms with van der Waals surface area (Å²) in [6.07, 6.45) is -2.41. The molecule has 0 bridgehead atoms. The summed E-state index contributed by atoms with van der Waals surface area (Å²) in [5.74, 6) is -1.32. The number of carbonyl (C=O) groups excluding carboxylic acids is 4. The minimum Gasteiger partial charge on any atom is -0.493 e. The lowest BCUT2D eigenvalue weighted by molar-refractivity contribution is -0.144. The number of sulfonamides is 1. The van der Waals surface area contributed by atoms with E-state index in [9.17, 15) is 36.4 Å². The number of rotatable bonds is 17.